The van der Waals surface area contributed by atoms with Gasteiger partial charge in [-0.1, -0.05) is 97.2 Å². The van der Waals surface area contributed by atoms with Crippen molar-refractivity contribution in [2.75, 3.05) is 0 Å². The average molecular weight is 521 g/mol. The molecule has 8 heteroatoms. The van der Waals surface area contributed by atoms with Crippen LogP contribution in [0.15, 0.2) is 144 Å². The van der Waals surface area contributed by atoms with Crippen molar-refractivity contribution < 1.29 is 9.85 Å². The van der Waals surface area contributed by atoms with Gasteiger partial charge in [0.1, 0.15) is 6.42 Å². The quantitative estimate of drug-likeness (QED) is 0.290. The first-order valence-corrected chi connectivity index (χ1v) is 12.8. The number of allylic oxidation sites excluding steroid dienone is 20. The summed E-state index contributed by atoms with van der Waals surface area (Å²) < 4.78 is 0. The summed E-state index contributed by atoms with van der Waals surface area (Å²) in [7, 11) is 0. The Bertz CT molecular complexity index is 1440. The van der Waals surface area contributed by atoms with E-state index >= 15 is 0 Å². The maximum Gasteiger partial charge on any atom is 0.254 e. The van der Waals surface area contributed by atoms with E-state index < -0.39 is 20.7 Å². The van der Waals surface area contributed by atoms with Gasteiger partial charge in [0.15, 0.2) is 0 Å². The first kappa shape index (κ1) is 24.6. The van der Waals surface area contributed by atoms with Crippen LogP contribution in [0.25, 0.3) is 0 Å². The van der Waals surface area contributed by atoms with E-state index in [-0.39, 0.29) is 34.1 Å². The maximum atomic E-state index is 11.4. The second kappa shape index (κ2) is 8.14. The minimum absolute atomic E-state index is 0.172. The zero-order valence-electron chi connectivity index (χ0n) is 21.1. The van der Waals surface area contributed by atoms with Crippen LogP contribution in [0.2, 0.25) is 0 Å². The molecule has 0 fully saturated rings. The molecule has 0 unspecified atom stereocenters. The molecular weight excluding hydrogens is 492 g/mol. The molecule has 0 aromatic carbocycles. The summed E-state index contributed by atoms with van der Waals surface area (Å²) in [6.07, 6.45) is 40.6. The fourth-order valence-corrected chi connectivity index (χ4v) is 5.97. The van der Waals surface area contributed by atoms with Gasteiger partial charge in [0.2, 0.25) is 0 Å². The molecule has 6 aliphatic carbocycles. The highest BCUT2D eigenvalue weighted by Crippen LogP contribution is 2.48. The molecule has 6 aliphatic rings. The van der Waals surface area contributed by atoms with E-state index in [4.69, 9.17) is 11.5 Å². The Morgan fingerprint density at radius 1 is 0.462 bits per heavy atom. The Labute approximate surface area is 225 Å². The molecule has 0 amide bonds. The van der Waals surface area contributed by atoms with E-state index in [9.17, 15) is 20.2 Å². The monoisotopic (exact) mass is 520 g/mol. The maximum absolute atomic E-state index is 11.4. The minimum atomic E-state index is -0.989. The Balaban J connectivity index is 1.21. The lowest BCUT2D eigenvalue weighted by Gasteiger charge is -2.38. The topological polar surface area (TPSA) is 138 Å². The third-order valence-corrected chi connectivity index (χ3v) is 8.23. The van der Waals surface area contributed by atoms with E-state index in [1.54, 1.807) is 12.2 Å². The zero-order chi connectivity index (χ0) is 27.5. The molecular formula is C31H28N4O4. The van der Waals surface area contributed by atoms with Crippen molar-refractivity contribution >= 4 is 0 Å². The van der Waals surface area contributed by atoms with Crippen LogP contribution in [0.1, 0.15) is 12.8 Å². The van der Waals surface area contributed by atoms with Gasteiger partial charge < -0.3 is 11.5 Å². The Kier molecular flexibility index (Phi) is 5.13. The Morgan fingerprint density at radius 2 is 0.718 bits per heavy atom. The summed E-state index contributed by atoms with van der Waals surface area (Å²) >= 11 is 0. The van der Waals surface area contributed by atoms with Crippen LogP contribution >= 0.6 is 0 Å². The molecule has 4 N–H and O–H groups in total. The molecule has 5 spiro atoms. The molecule has 0 aromatic rings. The van der Waals surface area contributed by atoms with Gasteiger partial charge >= 0.3 is 0 Å². The molecule has 0 heterocycles. The van der Waals surface area contributed by atoms with Gasteiger partial charge in [-0.05, 0) is 12.2 Å². The Morgan fingerprint density at radius 3 is 1.00 bits per heavy atom. The molecule has 8 nitrogen and oxygen atoms in total. The van der Waals surface area contributed by atoms with Crippen LogP contribution in [0.5, 0.6) is 0 Å². The van der Waals surface area contributed by atoms with Crippen molar-refractivity contribution in [1.29, 1.82) is 0 Å². The largest absolute Gasteiger partial charge is 0.402 e. The van der Waals surface area contributed by atoms with Crippen molar-refractivity contribution in [3.63, 3.8) is 0 Å². The lowest BCUT2D eigenvalue weighted by Crippen LogP contribution is -2.28. The van der Waals surface area contributed by atoms with Crippen LogP contribution in [-0.2, 0) is 0 Å². The van der Waals surface area contributed by atoms with Gasteiger partial charge in [-0.25, -0.2) is 0 Å². The summed E-state index contributed by atoms with van der Waals surface area (Å²) in [5.41, 5.74) is 10.8. The molecule has 0 atom stereocenters. The third-order valence-electron chi connectivity index (χ3n) is 8.23. The second-order valence-electron chi connectivity index (χ2n) is 11.2. The summed E-state index contributed by atoms with van der Waals surface area (Å²) in [6.45, 7) is 0. The highest BCUT2D eigenvalue weighted by atomic mass is 16.6. The first-order chi connectivity index (χ1) is 18.5. The summed E-state index contributed by atoms with van der Waals surface area (Å²) in [4.78, 5) is 21.7. The van der Waals surface area contributed by atoms with E-state index in [1.807, 2.05) is 24.3 Å². The molecule has 39 heavy (non-hydrogen) atoms. The second-order valence-corrected chi connectivity index (χ2v) is 11.2. The van der Waals surface area contributed by atoms with Crippen molar-refractivity contribution in [3.05, 3.63) is 165 Å². The number of nitrogens with zero attached hydrogens (tertiary/aromatic N) is 2. The molecule has 0 aromatic heterocycles. The van der Waals surface area contributed by atoms with Crippen molar-refractivity contribution in [2.24, 2.45) is 38.5 Å². The van der Waals surface area contributed by atoms with Crippen LogP contribution in [0, 0.1) is 47.3 Å². The molecule has 0 saturated carbocycles. The highest BCUT2D eigenvalue weighted by molar-refractivity contribution is 5.52. The van der Waals surface area contributed by atoms with Crippen molar-refractivity contribution in [3.8, 4) is 0 Å². The van der Waals surface area contributed by atoms with Gasteiger partial charge in [-0.15, -0.1) is 0 Å². The number of hydrogen-bond acceptors (Lipinski definition) is 6. The smallest absolute Gasteiger partial charge is 0.254 e. The van der Waals surface area contributed by atoms with Gasteiger partial charge in [0.05, 0.1) is 15.3 Å². The molecule has 0 saturated heterocycles. The van der Waals surface area contributed by atoms with Crippen molar-refractivity contribution in [1.82, 2.24) is 0 Å². The minimum Gasteiger partial charge on any atom is -0.402 e. The van der Waals surface area contributed by atoms with Gasteiger partial charge in [0.25, 0.3) is 11.4 Å². The van der Waals surface area contributed by atoms with E-state index in [0.717, 1.165) is 11.4 Å². The zero-order valence-corrected chi connectivity index (χ0v) is 21.1. The normalized spacial score (nSPS) is 26.7. The van der Waals surface area contributed by atoms with E-state index in [0.29, 0.717) is 6.42 Å². The molecule has 196 valence electrons. The SMILES string of the molecule is NC1=CC2(C=CC3(C=CC4(C=C3)C=CC3(C=C4)C=CC4(C=C3)C=C([N+](=O)[O-])CC([N+](=O)[O-])=C4)C=C2)C=C(N)C1. The number of rotatable bonds is 2. The average Bonchev–Trinajstić information content (AvgIpc) is 2.91. The van der Waals surface area contributed by atoms with E-state index in [1.165, 1.54) is 12.2 Å². The van der Waals surface area contributed by atoms with Crippen LogP contribution in [-0.4, -0.2) is 9.85 Å². The molecule has 0 radical (unpaired) electrons. The lowest BCUT2D eigenvalue weighted by molar-refractivity contribution is -0.451. The van der Waals surface area contributed by atoms with Crippen LogP contribution in [0.4, 0.5) is 0 Å². The Hall–Kier alpha value is -4.72. The van der Waals surface area contributed by atoms with Gasteiger partial charge in [0, 0.05) is 51.6 Å². The fourth-order valence-electron chi connectivity index (χ4n) is 5.97. The summed E-state index contributed by atoms with van der Waals surface area (Å²) in [5.74, 6) is 0. The highest BCUT2D eigenvalue weighted by Gasteiger charge is 2.40. The van der Waals surface area contributed by atoms with Gasteiger partial charge in [-0.3, -0.25) is 20.2 Å². The van der Waals surface area contributed by atoms with Crippen molar-refractivity contribution in [2.45, 2.75) is 12.8 Å². The van der Waals surface area contributed by atoms with E-state index in [2.05, 4.69) is 72.9 Å². The number of hydrogen-bond donors (Lipinski definition) is 2. The molecule has 6 rings (SSSR count). The predicted molar refractivity (Wildman–Crippen MR) is 149 cm³/mol. The number of nitrogens with two attached hydrogens (primary N) is 2. The third kappa shape index (κ3) is 4.27. The molecule has 0 aliphatic heterocycles. The fraction of sp³-hybridized carbons (Fsp3) is 0.226. The van der Waals surface area contributed by atoms with Crippen LogP contribution < -0.4 is 11.5 Å². The van der Waals surface area contributed by atoms with Gasteiger partial charge in [-0.2, -0.15) is 0 Å². The standard InChI is InChI=1S/C31H28N4O4/c32-23-17-24(33)20-30(19-23)13-9-28(10-14-30)5-1-27(2-6-28)3-7-29(8-4-27)11-15-31(16-12-29)21-25(34(36)37)18-26(22-31)35(38)39/h1-16,19-22H,17-18,32-33H2. The number of nitro groups is 2. The summed E-state index contributed by atoms with van der Waals surface area (Å²) in [6, 6.07) is 0. The lowest BCUT2D eigenvalue weighted by atomic mass is 9.65. The molecule has 0 bridgehead atoms. The summed E-state index contributed by atoms with van der Waals surface area (Å²) in [5, 5.41) is 22.8. The predicted octanol–water partition coefficient (Wildman–Crippen LogP) is 5.24. The van der Waals surface area contributed by atoms with Crippen LogP contribution in [0.3, 0.4) is 0 Å². The first-order valence-electron chi connectivity index (χ1n) is 12.8.